The highest BCUT2D eigenvalue weighted by Gasteiger charge is 2.33. The van der Waals surface area contributed by atoms with E-state index in [-0.39, 0.29) is 46.2 Å². The lowest BCUT2D eigenvalue weighted by molar-refractivity contribution is -0.139. The van der Waals surface area contributed by atoms with Crippen molar-refractivity contribution in [3.63, 3.8) is 0 Å². The van der Waals surface area contributed by atoms with Gasteiger partial charge in [-0.3, -0.25) is 18.7 Å². The average molecular weight is 526 g/mol. The zero-order valence-electron chi connectivity index (χ0n) is 16.6. The molecule has 4 rings (SSSR count). The molecule has 0 saturated carbocycles. The molecule has 1 fully saturated rings. The van der Waals surface area contributed by atoms with Crippen LogP contribution in [0.15, 0.2) is 40.2 Å². The van der Waals surface area contributed by atoms with Crippen molar-refractivity contribution in [1.82, 2.24) is 14.1 Å². The Kier molecular flexibility index (Phi) is 5.41. The third kappa shape index (κ3) is 3.98. The monoisotopic (exact) mass is 526 g/mol. The van der Waals surface area contributed by atoms with Crippen molar-refractivity contribution in [2.75, 3.05) is 11.9 Å². The van der Waals surface area contributed by atoms with Gasteiger partial charge in [0.05, 0.1) is 24.5 Å². The number of anilines is 2. The molecule has 1 atom stereocenters. The smallest absolute Gasteiger partial charge is 0.264 e. The predicted octanol–water partition coefficient (Wildman–Crippen LogP) is 2.73. The topological polar surface area (TPSA) is 87.4 Å². The lowest BCUT2D eigenvalue weighted by atomic mass is 10.2. The lowest BCUT2D eigenvalue weighted by Gasteiger charge is -2.18. The van der Waals surface area contributed by atoms with Gasteiger partial charge in [-0.15, -0.1) is 0 Å². The number of pyridine rings is 1. The molecule has 0 aliphatic carbocycles. The van der Waals surface area contributed by atoms with Gasteiger partial charge in [0.15, 0.2) is 11.4 Å². The summed E-state index contributed by atoms with van der Waals surface area (Å²) < 4.78 is 29.1. The third-order valence-electron chi connectivity index (χ3n) is 4.87. The standard InChI is InChI=1S/C20H20FIN4O4/c1-20(2)29-9-12(30-20)8-26-10-23-18-17(19(26)28)15(7-16(27)25(18)3)24-14-5-4-11(22)6-13(14)21/h4-7,10,12,24H,8-9H2,1-3H3/t12-/m0/s1. The molecule has 158 valence electrons. The Morgan fingerprint density at radius 3 is 2.73 bits per heavy atom. The largest absolute Gasteiger partial charge is 0.352 e. The van der Waals surface area contributed by atoms with E-state index in [4.69, 9.17) is 9.47 Å². The van der Waals surface area contributed by atoms with E-state index in [1.165, 1.54) is 34.6 Å². The highest BCUT2D eigenvalue weighted by Crippen LogP contribution is 2.25. The lowest BCUT2D eigenvalue weighted by Crippen LogP contribution is -2.31. The molecule has 8 nitrogen and oxygen atoms in total. The molecule has 1 saturated heterocycles. The maximum absolute atomic E-state index is 14.4. The first-order valence-electron chi connectivity index (χ1n) is 9.27. The van der Waals surface area contributed by atoms with Crippen molar-refractivity contribution >= 4 is 45.0 Å². The van der Waals surface area contributed by atoms with Gasteiger partial charge >= 0.3 is 0 Å². The second kappa shape index (κ2) is 7.75. The molecular formula is C20H20FIN4O4. The molecule has 3 aromatic rings. The molecular weight excluding hydrogens is 506 g/mol. The van der Waals surface area contributed by atoms with Gasteiger partial charge in [-0.05, 0) is 54.6 Å². The summed E-state index contributed by atoms with van der Waals surface area (Å²) in [6, 6.07) is 5.92. The number of benzene rings is 1. The zero-order valence-corrected chi connectivity index (χ0v) is 18.8. The summed E-state index contributed by atoms with van der Waals surface area (Å²) in [7, 11) is 1.53. The molecule has 30 heavy (non-hydrogen) atoms. The van der Waals surface area contributed by atoms with Gasteiger partial charge in [0, 0.05) is 16.7 Å². The summed E-state index contributed by atoms with van der Waals surface area (Å²) in [5.41, 5.74) is -0.161. The van der Waals surface area contributed by atoms with Gasteiger partial charge in [-0.2, -0.15) is 0 Å². The Hall–Kier alpha value is -2.31. The SMILES string of the molecule is Cn1c(=O)cc(Nc2ccc(I)cc2F)c2c(=O)n(C[C@H]3COC(C)(C)O3)cnc21. The van der Waals surface area contributed by atoms with Crippen molar-refractivity contribution in [2.45, 2.75) is 32.3 Å². The number of rotatable bonds is 4. The van der Waals surface area contributed by atoms with Crippen molar-refractivity contribution in [1.29, 1.82) is 0 Å². The van der Waals surface area contributed by atoms with E-state index in [9.17, 15) is 14.0 Å². The van der Waals surface area contributed by atoms with Crippen molar-refractivity contribution in [3.05, 3.63) is 60.7 Å². The summed E-state index contributed by atoms with van der Waals surface area (Å²) in [6.07, 6.45) is 1.07. The van der Waals surface area contributed by atoms with Crippen LogP contribution in [0.4, 0.5) is 15.8 Å². The number of nitrogens with one attached hydrogen (secondary N) is 1. The molecule has 1 aliphatic rings. The number of aromatic nitrogens is 3. The number of fused-ring (bicyclic) bond motifs is 1. The Balaban J connectivity index is 1.80. The molecule has 3 heterocycles. The minimum atomic E-state index is -0.711. The van der Waals surface area contributed by atoms with E-state index in [1.54, 1.807) is 12.1 Å². The van der Waals surface area contributed by atoms with Gasteiger partial charge in [0.1, 0.15) is 23.6 Å². The minimum absolute atomic E-state index is 0.161. The molecule has 0 radical (unpaired) electrons. The summed E-state index contributed by atoms with van der Waals surface area (Å²) in [4.78, 5) is 30.0. The van der Waals surface area contributed by atoms with Crippen LogP contribution in [0.2, 0.25) is 0 Å². The molecule has 1 N–H and O–H groups in total. The highest BCUT2D eigenvalue weighted by atomic mass is 127. The van der Waals surface area contributed by atoms with Crippen LogP contribution in [0.25, 0.3) is 11.0 Å². The average Bonchev–Trinajstić information content (AvgIpc) is 3.01. The summed E-state index contributed by atoms with van der Waals surface area (Å²) in [6.45, 7) is 4.21. The highest BCUT2D eigenvalue weighted by molar-refractivity contribution is 14.1. The maximum atomic E-state index is 14.4. The van der Waals surface area contributed by atoms with E-state index >= 15 is 0 Å². The van der Waals surface area contributed by atoms with Crippen LogP contribution in [-0.2, 0) is 23.1 Å². The maximum Gasteiger partial charge on any atom is 0.264 e. The Labute approximate surface area is 184 Å². The van der Waals surface area contributed by atoms with Crippen LogP contribution in [0.3, 0.4) is 0 Å². The zero-order chi connectivity index (χ0) is 21.6. The number of hydrogen-bond acceptors (Lipinski definition) is 6. The quantitative estimate of drug-likeness (QED) is 0.527. The molecule has 2 aromatic heterocycles. The number of halogens is 2. The second-order valence-corrected chi connectivity index (χ2v) is 8.80. The normalized spacial score (nSPS) is 18.1. The predicted molar refractivity (Wildman–Crippen MR) is 119 cm³/mol. The van der Waals surface area contributed by atoms with Crippen molar-refractivity contribution in [2.24, 2.45) is 7.05 Å². The van der Waals surface area contributed by atoms with Gasteiger partial charge in [-0.1, -0.05) is 0 Å². The number of aryl methyl sites for hydroxylation is 1. The molecule has 0 bridgehead atoms. The van der Waals surface area contributed by atoms with Crippen LogP contribution in [0.1, 0.15) is 13.8 Å². The fourth-order valence-corrected chi connectivity index (χ4v) is 3.86. The molecule has 10 heteroatoms. The van der Waals surface area contributed by atoms with Crippen LogP contribution < -0.4 is 16.4 Å². The first kappa shape index (κ1) is 20.9. The van der Waals surface area contributed by atoms with Gasteiger partial charge in [0.2, 0.25) is 0 Å². The summed E-state index contributed by atoms with van der Waals surface area (Å²) in [5.74, 6) is -1.20. The fraction of sp³-hybridized carbons (Fsp3) is 0.350. The molecule has 1 aliphatic heterocycles. The van der Waals surface area contributed by atoms with E-state index in [0.29, 0.717) is 6.61 Å². The van der Waals surface area contributed by atoms with Crippen LogP contribution in [-0.4, -0.2) is 32.6 Å². The third-order valence-corrected chi connectivity index (χ3v) is 5.54. The van der Waals surface area contributed by atoms with Gasteiger partial charge in [0.25, 0.3) is 11.1 Å². The first-order valence-corrected chi connectivity index (χ1v) is 10.4. The number of ether oxygens (including phenoxy) is 2. The van der Waals surface area contributed by atoms with Crippen LogP contribution in [0, 0.1) is 9.39 Å². The number of nitrogens with zero attached hydrogens (tertiary/aromatic N) is 3. The van der Waals surface area contributed by atoms with E-state index in [0.717, 1.165) is 3.57 Å². The fourth-order valence-electron chi connectivity index (χ4n) is 3.40. The van der Waals surface area contributed by atoms with E-state index in [1.807, 2.05) is 36.4 Å². The van der Waals surface area contributed by atoms with Crippen LogP contribution in [0.5, 0.6) is 0 Å². The van der Waals surface area contributed by atoms with E-state index < -0.39 is 11.6 Å². The molecule has 0 unspecified atom stereocenters. The summed E-state index contributed by atoms with van der Waals surface area (Å²) >= 11 is 2.01. The van der Waals surface area contributed by atoms with Crippen molar-refractivity contribution in [3.8, 4) is 0 Å². The molecule has 0 amide bonds. The molecule has 1 aromatic carbocycles. The summed E-state index contributed by atoms with van der Waals surface area (Å²) in [5, 5.41) is 3.07. The second-order valence-electron chi connectivity index (χ2n) is 7.56. The van der Waals surface area contributed by atoms with E-state index in [2.05, 4.69) is 10.3 Å². The first-order chi connectivity index (χ1) is 14.1. The Morgan fingerprint density at radius 1 is 1.30 bits per heavy atom. The van der Waals surface area contributed by atoms with Gasteiger partial charge < -0.3 is 14.8 Å². The van der Waals surface area contributed by atoms with Crippen LogP contribution >= 0.6 is 22.6 Å². The Bertz CT molecular complexity index is 1250. The molecule has 0 spiro atoms. The van der Waals surface area contributed by atoms with Gasteiger partial charge in [-0.25, -0.2) is 9.37 Å². The van der Waals surface area contributed by atoms with Crippen molar-refractivity contribution < 1.29 is 13.9 Å². The minimum Gasteiger partial charge on any atom is -0.352 e. The Morgan fingerprint density at radius 2 is 2.07 bits per heavy atom. The number of hydrogen-bond donors (Lipinski definition) is 1.